The minimum atomic E-state index is -4.46. The summed E-state index contributed by atoms with van der Waals surface area (Å²) in [5.41, 5.74) is 0.442. The fourth-order valence-electron chi connectivity index (χ4n) is 2.88. The highest BCUT2D eigenvalue weighted by atomic mass is 32.2. The summed E-state index contributed by atoms with van der Waals surface area (Å²) < 4.78 is 72.5. The van der Waals surface area contributed by atoms with Gasteiger partial charge in [0, 0.05) is 24.0 Å². The van der Waals surface area contributed by atoms with E-state index < -0.39 is 21.8 Å². The highest BCUT2D eigenvalue weighted by Crippen LogP contribution is 2.36. The maximum atomic E-state index is 12.8. The molecule has 11 heteroatoms. The second-order valence-corrected chi connectivity index (χ2v) is 8.33. The van der Waals surface area contributed by atoms with Gasteiger partial charge in [-0.2, -0.15) is 18.3 Å². The van der Waals surface area contributed by atoms with Crippen LogP contribution >= 0.6 is 0 Å². The lowest BCUT2D eigenvalue weighted by atomic mass is 10.1. The fourth-order valence-corrected chi connectivity index (χ4v) is 3.64. The summed E-state index contributed by atoms with van der Waals surface area (Å²) in [5.74, 6) is 0.374. The zero-order valence-electron chi connectivity index (χ0n) is 16.0. The molecular weight excluding hydrogens is 433 g/mol. The van der Waals surface area contributed by atoms with Crippen LogP contribution in [0.2, 0.25) is 0 Å². The molecule has 2 aromatic carbocycles. The lowest BCUT2D eigenvalue weighted by Gasteiger charge is -2.13. The third-order valence-corrected chi connectivity index (χ3v) is 5.86. The van der Waals surface area contributed by atoms with E-state index in [1.165, 1.54) is 41.9 Å². The standard InChI is InChI=1S/C20H15F3N4O3S/c1-24-31(28,29)15-7-8-18(30-14-5-3-13(4-6-14)20(21,22)23)16(11-15)17-12-19-25-9-2-10-27(19)26-17/h2-12,24H,1H3. The average Bonchev–Trinajstić information content (AvgIpc) is 3.18. The van der Waals surface area contributed by atoms with E-state index >= 15 is 0 Å². The Morgan fingerprint density at radius 3 is 2.45 bits per heavy atom. The summed E-state index contributed by atoms with van der Waals surface area (Å²) in [5, 5.41) is 4.39. The second-order valence-electron chi connectivity index (χ2n) is 6.44. The van der Waals surface area contributed by atoms with Crippen molar-refractivity contribution in [1.82, 2.24) is 19.3 Å². The van der Waals surface area contributed by atoms with Gasteiger partial charge < -0.3 is 4.74 Å². The maximum Gasteiger partial charge on any atom is 0.416 e. The number of nitrogens with one attached hydrogen (secondary N) is 1. The summed E-state index contributed by atoms with van der Waals surface area (Å²) in [6.07, 6.45) is -1.20. The van der Waals surface area contributed by atoms with Crippen molar-refractivity contribution in [1.29, 1.82) is 0 Å². The van der Waals surface area contributed by atoms with Crippen molar-refractivity contribution in [2.24, 2.45) is 0 Å². The van der Waals surface area contributed by atoms with Crippen molar-refractivity contribution in [3.8, 4) is 22.8 Å². The number of ether oxygens (including phenoxy) is 1. The van der Waals surface area contributed by atoms with Crippen LogP contribution in [0.4, 0.5) is 13.2 Å². The van der Waals surface area contributed by atoms with Crippen molar-refractivity contribution in [2.45, 2.75) is 11.1 Å². The molecule has 0 radical (unpaired) electrons. The van der Waals surface area contributed by atoms with E-state index in [4.69, 9.17) is 4.74 Å². The summed E-state index contributed by atoms with van der Waals surface area (Å²) in [4.78, 5) is 4.16. The lowest BCUT2D eigenvalue weighted by molar-refractivity contribution is -0.137. The molecule has 7 nitrogen and oxygen atoms in total. The van der Waals surface area contributed by atoms with Crippen LogP contribution in [0.25, 0.3) is 16.9 Å². The predicted molar refractivity (Wildman–Crippen MR) is 106 cm³/mol. The van der Waals surface area contributed by atoms with Crippen LogP contribution in [-0.2, 0) is 16.2 Å². The number of hydrogen-bond acceptors (Lipinski definition) is 5. The fraction of sp³-hybridized carbons (Fsp3) is 0.100. The molecule has 0 unspecified atom stereocenters. The van der Waals surface area contributed by atoms with E-state index in [1.54, 1.807) is 24.5 Å². The number of sulfonamides is 1. The quantitative estimate of drug-likeness (QED) is 0.497. The molecule has 0 amide bonds. The molecule has 0 aliphatic heterocycles. The number of aromatic nitrogens is 3. The van der Waals surface area contributed by atoms with Crippen LogP contribution < -0.4 is 9.46 Å². The summed E-state index contributed by atoms with van der Waals surface area (Å²) in [6, 6.07) is 11.7. The molecule has 1 N–H and O–H groups in total. The first kappa shape index (κ1) is 20.8. The monoisotopic (exact) mass is 448 g/mol. The van der Waals surface area contributed by atoms with Crippen LogP contribution in [0.15, 0.2) is 71.9 Å². The zero-order valence-corrected chi connectivity index (χ0v) is 16.8. The topological polar surface area (TPSA) is 85.6 Å². The normalized spacial score (nSPS) is 12.3. The van der Waals surface area contributed by atoms with E-state index in [0.29, 0.717) is 16.9 Å². The van der Waals surface area contributed by atoms with Crippen LogP contribution in [0.5, 0.6) is 11.5 Å². The van der Waals surface area contributed by atoms with Crippen LogP contribution in [-0.4, -0.2) is 30.1 Å². The Kier molecular flexibility index (Phi) is 5.15. The van der Waals surface area contributed by atoms with Crippen molar-refractivity contribution >= 4 is 15.7 Å². The van der Waals surface area contributed by atoms with Crippen molar-refractivity contribution in [3.63, 3.8) is 0 Å². The predicted octanol–water partition coefficient (Wildman–Crippen LogP) is 4.12. The Morgan fingerprint density at radius 1 is 1.06 bits per heavy atom. The first-order valence-electron chi connectivity index (χ1n) is 8.91. The molecule has 4 rings (SSSR count). The summed E-state index contributed by atoms with van der Waals surface area (Å²) >= 11 is 0. The van der Waals surface area contributed by atoms with Crippen LogP contribution in [0, 0.1) is 0 Å². The number of rotatable bonds is 5. The number of nitrogens with zero attached hydrogens (tertiary/aromatic N) is 3. The van der Waals surface area contributed by atoms with E-state index in [0.717, 1.165) is 12.1 Å². The molecule has 0 aliphatic rings. The molecule has 0 saturated heterocycles. The molecule has 4 aromatic rings. The van der Waals surface area contributed by atoms with E-state index in [1.807, 2.05) is 0 Å². The van der Waals surface area contributed by atoms with Gasteiger partial charge >= 0.3 is 6.18 Å². The largest absolute Gasteiger partial charge is 0.457 e. The SMILES string of the molecule is CNS(=O)(=O)c1ccc(Oc2ccc(C(F)(F)F)cc2)c(-c2cc3ncccn3n2)c1. The number of fused-ring (bicyclic) bond motifs is 1. The third kappa shape index (κ3) is 4.23. The Hall–Kier alpha value is -3.44. The van der Waals surface area contributed by atoms with Gasteiger partial charge in [0.05, 0.1) is 16.2 Å². The van der Waals surface area contributed by atoms with Gasteiger partial charge in [-0.05, 0) is 55.6 Å². The Bertz CT molecular complexity index is 1320. The minimum absolute atomic E-state index is 0.0187. The van der Waals surface area contributed by atoms with Gasteiger partial charge in [0.15, 0.2) is 5.65 Å². The van der Waals surface area contributed by atoms with Gasteiger partial charge in [0.2, 0.25) is 10.0 Å². The van der Waals surface area contributed by atoms with Crippen molar-refractivity contribution in [2.75, 3.05) is 7.05 Å². The van der Waals surface area contributed by atoms with Gasteiger partial charge in [-0.1, -0.05) is 0 Å². The Morgan fingerprint density at radius 2 is 1.81 bits per heavy atom. The average molecular weight is 448 g/mol. The van der Waals surface area contributed by atoms with Crippen molar-refractivity contribution < 1.29 is 26.3 Å². The molecule has 0 saturated carbocycles. The van der Waals surface area contributed by atoms with Gasteiger partial charge in [-0.15, -0.1) is 0 Å². The first-order chi connectivity index (χ1) is 14.7. The third-order valence-electron chi connectivity index (χ3n) is 4.45. The second kappa shape index (κ2) is 7.67. The number of benzene rings is 2. The molecule has 0 fully saturated rings. The Balaban J connectivity index is 1.80. The maximum absolute atomic E-state index is 12.8. The van der Waals surface area contributed by atoms with Gasteiger partial charge in [-0.25, -0.2) is 22.6 Å². The molecule has 2 heterocycles. The van der Waals surface area contributed by atoms with Gasteiger partial charge in [0.1, 0.15) is 11.5 Å². The lowest BCUT2D eigenvalue weighted by Crippen LogP contribution is -2.18. The van der Waals surface area contributed by atoms with Gasteiger partial charge in [-0.3, -0.25) is 0 Å². The number of alkyl halides is 3. The van der Waals surface area contributed by atoms with E-state index in [-0.39, 0.29) is 16.4 Å². The molecule has 0 aliphatic carbocycles. The van der Waals surface area contributed by atoms with Crippen LogP contribution in [0.1, 0.15) is 5.56 Å². The van der Waals surface area contributed by atoms with Crippen LogP contribution in [0.3, 0.4) is 0 Å². The number of halogens is 3. The minimum Gasteiger partial charge on any atom is -0.457 e. The molecule has 0 spiro atoms. The number of hydrogen-bond donors (Lipinski definition) is 1. The Labute approximate surface area is 175 Å². The first-order valence-corrected chi connectivity index (χ1v) is 10.4. The molecule has 0 bridgehead atoms. The van der Waals surface area contributed by atoms with Crippen molar-refractivity contribution in [3.05, 3.63) is 72.6 Å². The summed E-state index contributed by atoms with van der Waals surface area (Å²) in [6.45, 7) is 0. The van der Waals surface area contributed by atoms with E-state index in [2.05, 4.69) is 14.8 Å². The van der Waals surface area contributed by atoms with Gasteiger partial charge in [0.25, 0.3) is 0 Å². The molecule has 160 valence electrons. The summed E-state index contributed by atoms with van der Waals surface area (Å²) in [7, 11) is -2.46. The highest BCUT2D eigenvalue weighted by Gasteiger charge is 2.30. The highest BCUT2D eigenvalue weighted by molar-refractivity contribution is 7.89. The molecule has 31 heavy (non-hydrogen) atoms. The molecule has 0 atom stereocenters. The smallest absolute Gasteiger partial charge is 0.416 e. The van der Waals surface area contributed by atoms with E-state index in [9.17, 15) is 21.6 Å². The molecular formula is C20H15F3N4O3S. The molecule has 2 aromatic heterocycles. The zero-order chi connectivity index (χ0) is 22.2.